The summed E-state index contributed by atoms with van der Waals surface area (Å²) >= 11 is 3.41. The summed E-state index contributed by atoms with van der Waals surface area (Å²) in [6.07, 6.45) is 0.832. The zero-order valence-electron chi connectivity index (χ0n) is 12.1. The van der Waals surface area contributed by atoms with Crippen molar-refractivity contribution in [3.63, 3.8) is 0 Å². The van der Waals surface area contributed by atoms with Crippen LogP contribution in [0.1, 0.15) is 11.1 Å². The van der Waals surface area contributed by atoms with E-state index in [1.807, 2.05) is 49.5 Å². The molecule has 0 unspecified atom stereocenters. The Labute approximate surface area is 134 Å². The molecule has 110 valence electrons. The molecule has 21 heavy (non-hydrogen) atoms. The van der Waals surface area contributed by atoms with E-state index in [1.165, 1.54) is 5.56 Å². The molecule has 0 aliphatic rings. The van der Waals surface area contributed by atoms with Crippen molar-refractivity contribution in [1.82, 2.24) is 10.2 Å². The minimum Gasteiger partial charge on any atom is -0.338 e. The lowest BCUT2D eigenvalue weighted by Crippen LogP contribution is -2.37. The molecule has 0 bridgehead atoms. The summed E-state index contributed by atoms with van der Waals surface area (Å²) in [5.74, 6) is 0. The number of rotatable bonds is 5. The Kier molecular flexibility index (Phi) is 5.81. The average molecular weight is 347 g/mol. The first-order valence-electron chi connectivity index (χ1n) is 6.92. The van der Waals surface area contributed by atoms with Crippen molar-refractivity contribution >= 4 is 22.0 Å². The normalized spacial score (nSPS) is 10.2. The van der Waals surface area contributed by atoms with Crippen molar-refractivity contribution in [2.24, 2.45) is 0 Å². The number of carbonyl (C=O) groups excluding carboxylic acids is 1. The first kappa shape index (κ1) is 15.6. The quantitative estimate of drug-likeness (QED) is 0.876. The van der Waals surface area contributed by atoms with Gasteiger partial charge in [0, 0.05) is 24.6 Å². The molecule has 0 radical (unpaired) electrons. The molecule has 0 spiro atoms. The van der Waals surface area contributed by atoms with Gasteiger partial charge in [0.2, 0.25) is 0 Å². The molecule has 4 heteroatoms. The Morgan fingerprint density at radius 3 is 2.38 bits per heavy atom. The molecular formula is C17H19BrN2O. The number of amides is 2. The van der Waals surface area contributed by atoms with Crippen molar-refractivity contribution in [1.29, 1.82) is 0 Å². The number of nitrogens with zero attached hydrogens (tertiary/aromatic N) is 1. The van der Waals surface area contributed by atoms with Crippen LogP contribution in [0.2, 0.25) is 0 Å². The summed E-state index contributed by atoms with van der Waals surface area (Å²) in [4.78, 5) is 13.7. The van der Waals surface area contributed by atoms with Crippen LogP contribution in [0.4, 0.5) is 4.79 Å². The number of hydrogen-bond acceptors (Lipinski definition) is 1. The molecule has 0 aromatic heterocycles. The van der Waals surface area contributed by atoms with Crippen LogP contribution in [0.5, 0.6) is 0 Å². The third kappa shape index (κ3) is 5.23. The first-order chi connectivity index (χ1) is 10.1. The highest BCUT2D eigenvalue weighted by Gasteiger charge is 2.07. The van der Waals surface area contributed by atoms with Crippen molar-refractivity contribution < 1.29 is 4.79 Å². The summed E-state index contributed by atoms with van der Waals surface area (Å²) in [5, 5.41) is 2.94. The van der Waals surface area contributed by atoms with E-state index in [2.05, 4.69) is 33.4 Å². The number of carbonyl (C=O) groups is 1. The van der Waals surface area contributed by atoms with Gasteiger partial charge in [0.15, 0.2) is 0 Å². The van der Waals surface area contributed by atoms with Gasteiger partial charge in [0.25, 0.3) is 0 Å². The van der Waals surface area contributed by atoms with Gasteiger partial charge in [-0.05, 0) is 29.7 Å². The van der Waals surface area contributed by atoms with E-state index < -0.39 is 0 Å². The Balaban J connectivity index is 1.75. The minimum absolute atomic E-state index is 0.0454. The van der Waals surface area contributed by atoms with Crippen LogP contribution in [-0.4, -0.2) is 24.5 Å². The number of benzene rings is 2. The van der Waals surface area contributed by atoms with Gasteiger partial charge in [-0.25, -0.2) is 4.79 Å². The Bertz CT molecular complexity index is 569. The molecule has 0 aliphatic heterocycles. The molecule has 1 N–H and O–H groups in total. The summed E-state index contributed by atoms with van der Waals surface area (Å²) < 4.78 is 1.07. The van der Waals surface area contributed by atoms with Crippen molar-refractivity contribution in [3.8, 4) is 0 Å². The van der Waals surface area contributed by atoms with Crippen LogP contribution >= 0.6 is 15.9 Å². The van der Waals surface area contributed by atoms with Gasteiger partial charge >= 0.3 is 6.03 Å². The van der Waals surface area contributed by atoms with Gasteiger partial charge in [0.1, 0.15) is 0 Å². The molecule has 2 rings (SSSR count). The van der Waals surface area contributed by atoms with Crippen molar-refractivity contribution in [2.45, 2.75) is 13.0 Å². The van der Waals surface area contributed by atoms with E-state index in [-0.39, 0.29) is 6.03 Å². The predicted molar refractivity (Wildman–Crippen MR) is 89.2 cm³/mol. The maximum atomic E-state index is 12.0. The lowest BCUT2D eigenvalue weighted by molar-refractivity contribution is 0.207. The van der Waals surface area contributed by atoms with E-state index in [4.69, 9.17) is 0 Å². The number of nitrogens with one attached hydrogen (secondary N) is 1. The fourth-order valence-electron chi connectivity index (χ4n) is 2.03. The van der Waals surface area contributed by atoms with Gasteiger partial charge in [-0.3, -0.25) is 0 Å². The van der Waals surface area contributed by atoms with E-state index in [1.54, 1.807) is 4.90 Å². The standard InChI is InChI=1S/C17H19BrN2O/c1-20(13-15-5-3-2-4-6-15)17(21)19-12-11-14-7-9-16(18)10-8-14/h2-10H,11-13H2,1H3,(H,19,21). The van der Waals surface area contributed by atoms with Crippen LogP contribution in [0.3, 0.4) is 0 Å². The fraction of sp³-hybridized carbons (Fsp3) is 0.235. The Morgan fingerprint density at radius 1 is 1.05 bits per heavy atom. The third-order valence-electron chi connectivity index (χ3n) is 3.21. The second kappa shape index (κ2) is 7.84. The van der Waals surface area contributed by atoms with Crippen LogP contribution in [0.15, 0.2) is 59.1 Å². The summed E-state index contributed by atoms with van der Waals surface area (Å²) in [6, 6.07) is 18.1. The predicted octanol–water partition coefficient (Wildman–Crippen LogP) is 3.83. The Morgan fingerprint density at radius 2 is 1.71 bits per heavy atom. The summed E-state index contributed by atoms with van der Waals surface area (Å²) in [6.45, 7) is 1.25. The van der Waals surface area contributed by atoms with Crippen LogP contribution < -0.4 is 5.32 Å². The number of urea groups is 1. The van der Waals surface area contributed by atoms with Gasteiger partial charge in [0.05, 0.1) is 0 Å². The fourth-order valence-corrected chi connectivity index (χ4v) is 2.29. The highest BCUT2D eigenvalue weighted by molar-refractivity contribution is 9.10. The number of halogens is 1. The second-order valence-corrected chi connectivity index (χ2v) is 5.87. The van der Waals surface area contributed by atoms with Gasteiger partial charge in [-0.15, -0.1) is 0 Å². The zero-order chi connectivity index (χ0) is 15.1. The SMILES string of the molecule is CN(Cc1ccccc1)C(=O)NCCc1ccc(Br)cc1. The molecule has 0 heterocycles. The van der Waals surface area contributed by atoms with Crippen molar-refractivity contribution in [2.75, 3.05) is 13.6 Å². The van der Waals surface area contributed by atoms with Gasteiger partial charge < -0.3 is 10.2 Å². The van der Waals surface area contributed by atoms with Crippen LogP contribution in [0.25, 0.3) is 0 Å². The molecule has 2 aromatic carbocycles. The molecule has 3 nitrogen and oxygen atoms in total. The largest absolute Gasteiger partial charge is 0.338 e. The lowest BCUT2D eigenvalue weighted by Gasteiger charge is -2.18. The van der Waals surface area contributed by atoms with E-state index >= 15 is 0 Å². The molecule has 0 saturated heterocycles. The zero-order valence-corrected chi connectivity index (χ0v) is 13.6. The topological polar surface area (TPSA) is 32.3 Å². The first-order valence-corrected chi connectivity index (χ1v) is 7.72. The smallest absolute Gasteiger partial charge is 0.317 e. The molecule has 2 amide bonds. The molecule has 0 aliphatic carbocycles. The lowest BCUT2D eigenvalue weighted by atomic mass is 10.1. The van der Waals surface area contributed by atoms with E-state index in [0.717, 1.165) is 16.5 Å². The molecule has 0 fully saturated rings. The van der Waals surface area contributed by atoms with Crippen molar-refractivity contribution in [3.05, 3.63) is 70.2 Å². The van der Waals surface area contributed by atoms with Crippen LogP contribution in [0, 0.1) is 0 Å². The van der Waals surface area contributed by atoms with Gasteiger partial charge in [-0.1, -0.05) is 58.4 Å². The number of hydrogen-bond donors (Lipinski definition) is 1. The van der Waals surface area contributed by atoms with E-state index in [0.29, 0.717) is 13.1 Å². The monoisotopic (exact) mass is 346 g/mol. The minimum atomic E-state index is -0.0454. The highest BCUT2D eigenvalue weighted by Crippen LogP contribution is 2.10. The molecule has 0 saturated carbocycles. The maximum Gasteiger partial charge on any atom is 0.317 e. The molecular weight excluding hydrogens is 328 g/mol. The molecule has 2 aromatic rings. The van der Waals surface area contributed by atoms with Gasteiger partial charge in [-0.2, -0.15) is 0 Å². The Hall–Kier alpha value is -1.81. The highest BCUT2D eigenvalue weighted by atomic mass is 79.9. The summed E-state index contributed by atoms with van der Waals surface area (Å²) in [5.41, 5.74) is 2.34. The maximum absolute atomic E-state index is 12.0. The van der Waals surface area contributed by atoms with E-state index in [9.17, 15) is 4.79 Å². The molecule has 0 atom stereocenters. The average Bonchev–Trinajstić information content (AvgIpc) is 2.50. The van der Waals surface area contributed by atoms with Crippen LogP contribution in [-0.2, 0) is 13.0 Å². The summed E-state index contributed by atoms with van der Waals surface area (Å²) in [7, 11) is 1.81. The second-order valence-electron chi connectivity index (χ2n) is 4.95. The third-order valence-corrected chi connectivity index (χ3v) is 3.74.